The van der Waals surface area contributed by atoms with Crippen LogP contribution in [-0.4, -0.2) is 41.9 Å². The van der Waals surface area contributed by atoms with Crippen LogP contribution in [0.4, 0.5) is 0 Å². The van der Waals surface area contributed by atoms with Crippen molar-refractivity contribution in [2.75, 3.05) is 26.2 Å². The smallest absolute Gasteiger partial charge is 0.223 e. The molecule has 0 spiro atoms. The summed E-state index contributed by atoms with van der Waals surface area (Å²) in [5.41, 5.74) is 5.25. The normalized spacial score (nSPS) is 20.2. The highest BCUT2D eigenvalue weighted by atomic mass is 16.2. The van der Waals surface area contributed by atoms with Gasteiger partial charge in [0.05, 0.1) is 6.04 Å². The van der Waals surface area contributed by atoms with Gasteiger partial charge in [-0.25, -0.2) is 0 Å². The van der Waals surface area contributed by atoms with Gasteiger partial charge in [0, 0.05) is 38.5 Å². The van der Waals surface area contributed by atoms with E-state index in [1.165, 1.54) is 22.3 Å². The zero-order chi connectivity index (χ0) is 23.9. The maximum absolute atomic E-state index is 13.5. The Labute approximate surface area is 210 Å². The third-order valence-corrected chi connectivity index (χ3v) is 7.49. The van der Waals surface area contributed by atoms with E-state index in [9.17, 15) is 4.79 Å². The van der Waals surface area contributed by atoms with Crippen molar-refractivity contribution in [1.82, 2.24) is 9.80 Å². The minimum atomic E-state index is 0.132. The number of amides is 1. The summed E-state index contributed by atoms with van der Waals surface area (Å²) < 4.78 is 0. The van der Waals surface area contributed by atoms with E-state index in [-0.39, 0.29) is 17.9 Å². The summed E-state index contributed by atoms with van der Waals surface area (Å²) >= 11 is 0. The minimum absolute atomic E-state index is 0.132. The first-order valence-electron chi connectivity index (χ1n) is 13.1. The van der Waals surface area contributed by atoms with Crippen LogP contribution in [0.15, 0.2) is 108 Å². The fourth-order valence-corrected chi connectivity index (χ4v) is 5.62. The predicted octanol–water partition coefficient (Wildman–Crippen LogP) is 6.60. The molecule has 3 nitrogen and oxygen atoms in total. The molecule has 0 N–H and O–H groups in total. The molecule has 35 heavy (non-hydrogen) atoms. The van der Waals surface area contributed by atoms with Crippen LogP contribution in [0.2, 0.25) is 0 Å². The number of carbonyl (C=O) groups is 1. The Hall–Kier alpha value is -3.17. The molecule has 1 amide bonds. The van der Waals surface area contributed by atoms with Gasteiger partial charge in [-0.3, -0.25) is 9.69 Å². The Kier molecular flexibility index (Phi) is 7.75. The number of carbonyl (C=O) groups excluding carboxylic acids is 1. The van der Waals surface area contributed by atoms with Gasteiger partial charge >= 0.3 is 0 Å². The highest BCUT2D eigenvalue weighted by molar-refractivity contribution is 5.78. The second-order valence-electron chi connectivity index (χ2n) is 9.77. The topological polar surface area (TPSA) is 23.6 Å². The van der Waals surface area contributed by atoms with Crippen molar-refractivity contribution in [3.05, 3.63) is 119 Å². The third-order valence-electron chi connectivity index (χ3n) is 7.49. The molecule has 2 atom stereocenters. The van der Waals surface area contributed by atoms with Gasteiger partial charge in [0.15, 0.2) is 0 Å². The molecule has 1 saturated heterocycles. The van der Waals surface area contributed by atoms with Crippen molar-refractivity contribution in [2.24, 2.45) is 0 Å². The Morgan fingerprint density at radius 1 is 0.686 bits per heavy atom. The maximum Gasteiger partial charge on any atom is 0.223 e. The molecule has 2 aromatic carbocycles. The fourth-order valence-electron chi connectivity index (χ4n) is 5.62. The van der Waals surface area contributed by atoms with E-state index in [0.717, 1.165) is 51.9 Å². The Bertz CT molecular complexity index is 1100. The van der Waals surface area contributed by atoms with Crippen LogP contribution in [0, 0.1) is 0 Å². The number of hydrogen-bond donors (Lipinski definition) is 0. The zero-order valence-electron chi connectivity index (χ0n) is 20.6. The average molecular weight is 465 g/mol. The van der Waals surface area contributed by atoms with Gasteiger partial charge < -0.3 is 4.90 Å². The second-order valence-corrected chi connectivity index (χ2v) is 9.77. The molecule has 5 rings (SSSR count). The summed E-state index contributed by atoms with van der Waals surface area (Å²) in [6.07, 6.45) is 18.7. The first-order valence-corrected chi connectivity index (χ1v) is 13.1. The summed E-state index contributed by atoms with van der Waals surface area (Å²) in [6.45, 7) is 3.37. The van der Waals surface area contributed by atoms with Gasteiger partial charge in [0.25, 0.3) is 0 Å². The second kappa shape index (κ2) is 11.5. The molecule has 3 heteroatoms. The van der Waals surface area contributed by atoms with Gasteiger partial charge in [0.2, 0.25) is 5.91 Å². The van der Waals surface area contributed by atoms with Crippen LogP contribution < -0.4 is 0 Å². The van der Waals surface area contributed by atoms with E-state index >= 15 is 0 Å². The molecule has 3 aliphatic rings. The van der Waals surface area contributed by atoms with Crippen molar-refractivity contribution in [1.29, 1.82) is 0 Å². The summed E-state index contributed by atoms with van der Waals surface area (Å²) in [4.78, 5) is 18.2. The van der Waals surface area contributed by atoms with Gasteiger partial charge in [0.1, 0.15) is 0 Å². The van der Waals surface area contributed by atoms with Crippen molar-refractivity contribution in [3.8, 4) is 0 Å². The van der Waals surface area contributed by atoms with E-state index in [1.807, 2.05) is 6.07 Å². The molecule has 0 bridgehead atoms. The molecule has 1 fully saturated rings. The lowest BCUT2D eigenvalue weighted by Gasteiger charge is -2.40. The molecular weight excluding hydrogens is 428 g/mol. The van der Waals surface area contributed by atoms with Crippen LogP contribution in [0.5, 0.6) is 0 Å². The predicted molar refractivity (Wildman–Crippen MR) is 144 cm³/mol. The average Bonchev–Trinajstić information content (AvgIpc) is 2.94. The van der Waals surface area contributed by atoms with Crippen molar-refractivity contribution >= 4 is 5.91 Å². The van der Waals surface area contributed by atoms with Gasteiger partial charge in [-0.05, 0) is 48.0 Å². The number of nitrogens with zero attached hydrogens (tertiary/aromatic N) is 2. The Morgan fingerprint density at radius 3 is 1.83 bits per heavy atom. The van der Waals surface area contributed by atoms with E-state index in [4.69, 9.17) is 0 Å². The van der Waals surface area contributed by atoms with Crippen LogP contribution in [0.25, 0.3) is 0 Å². The monoisotopic (exact) mass is 464 g/mol. The summed E-state index contributed by atoms with van der Waals surface area (Å²) in [5.74, 6) is 0.402. The molecule has 1 heterocycles. The molecule has 0 saturated carbocycles. The maximum atomic E-state index is 13.5. The van der Waals surface area contributed by atoms with Gasteiger partial charge in [-0.2, -0.15) is 0 Å². The standard InChI is InChI=1S/C32H36N2O/c35-31(25-30(26-13-5-1-6-14-26)27-15-7-2-8-16-27)33-21-23-34(24-22-33)32(28-17-9-3-10-18-28)29-19-11-4-12-20-29/h1,3,5-7,9-11,13-20,30,32H,2,4,8,12,21-25H2. The van der Waals surface area contributed by atoms with E-state index < -0.39 is 0 Å². The summed E-state index contributed by atoms with van der Waals surface area (Å²) in [6, 6.07) is 21.6. The molecule has 2 unspecified atom stereocenters. The van der Waals surface area contributed by atoms with Crippen LogP contribution in [0.1, 0.15) is 55.2 Å². The SMILES string of the molecule is O=C(CC(C1=CCCC=C1)c1ccccc1)N1CCN(C(C2=CCCC=C2)c2ccccc2)CC1. The molecule has 1 aliphatic heterocycles. The minimum Gasteiger partial charge on any atom is -0.340 e. The lowest BCUT2D eigenvalue weighted by Crippen LogP contribution is -2.50. The number of benzene rings is 2. The lowest BCUT2D eigenvalue weighted by molar-refractivity contribution is -0.133. The highest BCUT2D eigenvalue weighted by Gasteiger charge is 2.30. The van der Waals surface area contributed by atoms with Crippen LogP contribution >= 0.6 is 0 Å². The third kappa shape index (κ3) is 5.74. The number of piperazine rings is 1. The summed E-state index contributed by atoms with van der Waals surface area (Å²) in [7, 11) is 0. The van der Waals surface area contributed by atoms with E-state index in [1.54, 1.807) is 0 Å². The Morgan fingerprint density at radius 2 is 1.26 bits per heavy atom. The molecule has 2 aliphatic carbocycles. The first kappa shape index (κ1) is 23.6. The van der Waals surface area contributed by atoms with Crippen molar-refractivity contribution in [2.45, 2.75) is 44.1 Å². The number of hydrogen-bond acceptors (Lipinski definition) is 2. The lowest BCUT2D eigenvalue weighted by atomic mass is 9.85. The fraction of sp³-hybridized carbons (Fsp3) is 0.344. The molecule has 0 radical (unpaired) electrons. The van der Waals surface area contributed by atoms with Crippen molar-refractivity contribution in [3.63, 3.8) is 0 Å². The van der Waals surface area contributed by atoms with Crippen molar-refractivity contribution < 1.29 is 4.79 Å². The van der Waals surface area contributed by atoms with Gasteiger partial charge in [-0.15, -0.1) is 0 Å². The van der Waals surface area contributed by atoms with Crippen LogP contribution in [0.3, 0.4) is 0 Å². The summed E-state index contributed by atoms with van der Waals surface area (Å²) in [5, 5.41) is 0. The largest absolute Gasteiger partial charge is 0.340 e. The van der Waals surface area contributed by atoms with E-state index in [2.05, 4.69) is 101 Å². The molecule has 180 valence electrons. The van der Waals surface area contributed by atoms with Crippen LogP contribution in [-0.2, 0) is 4.79 Å². The highest BCUT2D eigenvalue weighted by Crippen LogP contribution is 2.34. The van der Waals surface area contributed by atoms with Gasteiger partial charge in [-0.1, -0.05) is 97.1 Å². The molecular formula is C32H36N2O. The first-order chi connectivity index (χ1) is 17.3. The van der Waals surface area contributed by atoms with E-state index in [0.29, 0.717) is 6.42 Å². The molecule has 2 aromatic rings. The Balaban J connectivity index is 1.28. The zero-order valence-corrected chi connectivity index (χ0v) is 20.6. The number of allylic oxidation sites excluding steroid dienone is 6. The molecule has 0 aromatic heterocycles. The number of rotatable bonds is 7. The quantitative estimate of drug-likeness (QED) is 0.461.